The lowest BCUT2D eigenvalue weighted by Gasteiger charge is -2.27. The predicted octanol–water partition coefficient (Wildman–Crippen LogP) is 1.00. The molecule has 1 aromatic carbocycles. The lowest BCUT2D eigenvalue weighted by molar-refractivity contribution is -0.903. The molecule has 4 nitrogen and oxygen atoms in total. The van der Waals surface area contributed by atoms with Crippen molar-refractivity contribution in [1.82, 2.24) is 0 Å². The Balaban J connectivity index is 1.86. The van der Waals surface area contributed by atoms with Gasteiger partial charge >= 0.3 is 5.91 Å². The Bertz CT molecular complexity index is 538. The van der Waals surface area contributed by atoms with E-state index in [1.807, 2.05) is 12.1 Å². The van der Waals surface area contributed by atoms with Gasteiger partial charge in [0.15, 0.2) is 6.67 Å². The zero-order chi connectivity index (χ0) is 13.4. The fraction of sp³-hybridized carbons (Fsp3) is 0.429. The van der Waals surface area contributed by atoms with Gasteiger partial charge in [0, 0.05) is 4.47 Å². The van der Waals surface area contributed by atoms with E-state index in [1.54, 1.807) is 11.0 Å². The number of nitrogens with one attached hydrogen (secondary N) is 1. The zero-order valence-electron chi connectivity index (χ0n) is 10.6. The van der Waals surface area contributed by atoms with Crippen LogP contribution in [0.1, 0.15) is 29.6 Å². The quantitative estimate of drug-likeness (QED) is 0.825. The van der Waals surface area contributed by atoms with Gasteiger partial charge in [0.05, 0.1) is 24.3 Å². The van der Waals surface area contributed by atoms with Crippen molar-refractivity contribution in [3.8, 4) is 0 Å². The van der Waals surface area contributed by atoms with E-state index in [0.29, 0.717) is 12.2 Å². The maximum atomic E-state index is 12.1. The summed E-state index contributed by atoms with van der Waals surface area (Å²) in [6.45, 7) is 2.78. The minimum absolute atomic E-state index is 0.382. The molecule has 0 aliphatic carbocycles. The Morgan fingerprint density at radius 2 is 1.89 bits per heavy atom. The van der Waals surface area contributed by atoms with E-state index in [4.69, 9.17) is 0 Å². The van der Waals surface area contributed by atoms with Gasteiger partial charge in [0.2, 0.25) is 0 Å². The lowest BCUT2D eigenvalue weighted by atomic mass is 10.1. The SMILES string of the molecule is O=C1C(=O)N(C[NH+]2CCCCC2)c2ccc(Br)cc21. The summed E-state index contributed by atoms with van der Waals surface area (Å²) < 4.78 is 0.833. The van der Waals surface area contributed by atoms with Crippen LogP contribution in [0.25, 0.3) is 0 Å². The number of halogens is 1. The van der Waals surface area contributed by atoms with Gasteiger partial charge in [0.1, 0.15) is 0 Å². The van der Waals surface area contributed by atoms with Gasteiger partial charge in [0.25, 0.3) is 5.78 Å². The van der Waals surface area contributed by atoms with E-state index < -0.39 is 0 Å². The number of rotatable bonds is 2. The van der Waals surface area contributed by atoms with Crippen LogP contribution in [0.15, 0.2) is 22.7 Å². The van der Waals surface area contributed by atoms with Crippen LogP contribution in [-0.4, -0.2) is 31.4 Å². The van der Waals surface area contributed by atoms with E-state index >= 15 is 0 Å². The van der Waals surface area contributed by atoms with Crippen LogP contribution in [0.2, 0.25) is 0 Å². The molecule has 0 bridgehead atoms. The number of ketones is 1. The number of hydrogen-bond acceptors (Lipinski definition) is 2. The molecule has 0 saturated carbocycles. The third-order valence-electron chi connectivity index (χ3n) is 3.88. The van der Waals surface area contributed by atoms with Crippen LogP contribution in [0.5, 0.6) is 0 Å². The molecule has 19 heavy (non-hydrogen) atoms. The maximum Gasteiger partial charge on any atom is 0.303 e. The summed E-state index contributed by atoms with van der Waals surface area (Å²) in [6, 6.07) is 5.47. The van der Waals surface area contributed by atoms with Crippen molar-refractivity contribution < 1.29 is 14.5 Å². The molecule has 2 heterocycles. The van der Waals surface area contributed by atoms with Crippen molar-refractivity contribution in [2.75, 3.05) is 24.7 Å². The minimum atomic E-state index is -0.383. The molecule has 0 spiro atoms. The van der Waals surface area contributed by atoms with Crippen molar-refractivity contribution in [3.63, 3.8) is 0 Å². The molecule has 100 valence electrons. The largest absolute Gasteiger partial charge is 0.317 e. The van der Waals surface area contributed by atoms with Crippen molar-refractivity contribution in [3.05, 3.63) is 28.2 Å². The van der Waals surface area contributed by atoms with Crippen LogP contribution in [0.4, 0.5) is 5.69 Å². The smallest absolute Gasteiger partial charge is 0.303 e. The fourth-order valence-electron chi connectivity index (χ4n) is 2.86. The molecule has 1 aromatic rings. The Labute approximate surface area is 120 Å². The lowest BCUT2D eigenvalue weighted by Crippen LogP contribution is -3.14. The molecule has 1 fully saturated rings. The average molecular weight is 324 g/mol. The molecule has 2 aliphatic rings. The van der Waals surface area contributed by atoms with E-state index in [9.17, 15) is 9.59 Å². The van der Waals surface area contributed by atoms with Gasteiger partial charge in [-0.1, -0.05) is 15.9 Å². The minimum Gasteiger partial charge on any atom is -0.317 e. The summed E-state index contributed by atoms with van der Waals surface area (Å²) >= 11 is 3.34. The summed E-state index contributed by atoms with van der Waals surface area (Å²) in [7, 11) is 0. The number of nitrogens with zero attached hydrogens (tertiary/aromatic N) is 1. The van der Waals surface area contributed by atoms with E-state index in [-0.39, 0.29) is 11.7 Å². The Kier molecular flexibility index (Phi) is 3.41. The highest BCUT2D eigenvalue weighted by Crippen LogP contribution is 2.30. The highest BCUT2D eigenvalue weighted by Gasteiger charge is 2.38. The molecule has 0 unspecified atom stereocenters. The zero-order valence-corrected chi connectivity index (χ0v) is 12.2. The van der Waals surface area contributed by atoms with Crippen LogP contribution >= 0.6 is 15.9 Å². The number of fused-ring (bicyclic) bond motifs is 1. The highest BCUT2D eigenvalue weighted by atomic mass is 79.9. The number of amides is 1. The third kappa shape index (κ3) is 2.32. The summed E-state index contributed by atoms with van der Waals surface area (Å²) in [6.07, 6.45) is 3.69. The van der Waals surface area contributed by atoms with Gasteiger partial charge in [-0.25, -0.2) is 0 Å². The summed E-state index contributed by atoms with van der Waals surface area (Å²) in [5.74, 6) is -0.765. The molecular formula is C14H16BrN2O2+. The van der Waals surface area contributed by atoms with E-state index in [0.717, 1.165) is 23.2 Å². The predicted molar refractivity (Wildman–Crippen MR) is 75.4 cm³/mol. The van der Waals surface area contributed by atoms with Crippen LogP contribution in [0, 0.1) is 0 Å². The van der Waals surface area contributed by atoms with Gasteiger partial charge in [-0.05, 0) is 37.5 Å². The van der Waals surface area contributed by atoms with Gasteiger partial charge in [-0.2, -0.15) is 0 Å². The first kappa shape index (κ1) is 12.8. The first-order chi connectivity index (χ1) is 9.16. The second-order valence-corrected chi connectivity index (χ2v) is 6.11. The van der Waals surface area contributed by atoms with Gasteiger partial charge < -0.3 is 4.90 Å². The van der Waals surface area contributed by atoms with Crippen molar-refractivity contribution in [1.29, 1.82) is 0 Å². The molecule has 5 heteroatoms. The first-order valence-electron chi connectivity index (χ1n) is 6.66. The number of benzene rings is 1. The second kappa shape index (κ2) is 5.06. The second-order valence-electron chi connectivity index (χ2n) is 5.19. The Hall–Kier alpha value is -1.20. The number of likely N-dealkylation sites (tertiary alicyclic amines) is 1. The maximum absolute atomic E-state index is 12.1. The number of carbonyl (C=O) groups excluding carboxylic acids is 2. The Morgan fingerprint density at radius 1 is 1.16 bits per heavy atom. The van der Waals surface area contributed by atoms with Crippen LogP contribution in [-0.2, 0) is 4.79 Å². The topological polar surface area (TPSA) is 41.8 Å². The van der Waals surface area contributed by atoms with Crippen molar-refractivity contribution in [2.24, 2.45) is 0 Å². The van der Waals surface area contributed by atoms with E-state index in [2.05, 4.69) is 15.9 Å². The normalized spacial score (nSPS) is 19.9. The molecule has 1 amide bonds. The molecule has 0 radical (unpaired) electrons. The first-order valence-corrected chi connectivity index (χ1v) is 7.45. The number of carbonyl (C=O) groups is 2. The molecular weight excluding hydrogens is 308 g/mol. The molecule has 0 atom stereocenters. The standard InChI is InChI=1S/C14H15BrN2O2/c15-10-4-5-12-11(8-10)13(18)14(19)17(12)9-16-6-2-1-3-7-16/h4-5,8H,1-3,6-7,9H2/p+1. The summed E-state index contributed by atoms with van der Waals surface area (Å²) in [5.41, 5.74) is 1.28. The number of Topliss-reactive ketones (excluding diaryl/α,β-unsaturated/α-hetero) is 1. The number of piperidine rings is 1. The molecule has 0 aromatic heterocycles. The summed E-state index contributed by atoms with van der Waals surface area (Å²) in [5, 5.41) is 0. The summed E-state index contributed by atoms with van der Waals surface area (Å²) in [4.78, 5) is 27.1. The average Bonchev–Trinajstić information content (AvgIpc) is 2.65. The molecule has 3 rings (SSSR count). The van der Waals surface area contributed by atoms with Crippen molar-refractivity contribution >= 4 is 33.3 Å². The van der Waals surface area contributed by atoms with Crippen molar-refractivity contribution in [2.45, 2.75) is 19.3 Å². The van der Waals surface area contributed by atoms with Gasteiger partial charge in [-0.3, -0.25) is 14.5 Å². The van der Waals surface area contributed by atoms with Gasteiger partial charge in [-0.15, -0.1) is 0 Å². The fourth-order valence-corrected chi connectivity index (χ4v) is 3.22. The highest BCUT2D eigenvalue weighted by molar-refractivity contribution is 9.10. The number of anilines is 1. The monoisotopic (exact) mass is 323 g/mol. The molecule has 2 aliphatic heterocycles. The number of quaternary nitrogens is 1. The van der Waals surface area contributed by atoms with Crippen LogP contribution in [0.3, 0.4) is 0 Å². The molecule has 1 saturated heterocycles. The van der Waals surface area contributed by atoms with Crippen LogP contribution < -0.4 is 9.80 Å². The number of hydrogen-bond donors (Lipinski definition) is 1. The third-order valence-corrected chi connectivity index (χ3v) is 4.37. The van der Waals surface area contributed by atoms with E-state index in [1.165, 1.54) is 24.2 Å². The molecule has 1 N–H and O–H groups in total. The Morgan fingerprint density at radius 3 is 2.63 bits per heavy atom.